The van der Waals surface area contributed by atoms with Gasteiger partial charge >= 0.3 is 0 Å². The minimum atomic E-state index is -0.891. The van der Waals surface area contributed by atoms with E-state index in [2.05, 4.69) is 0 Å². The van der Waals surface area contributed by atoms with Crippen LogP contribution in [0.1, 0.15) is 12.0 Å². The van der Waals surface area contributed by atoms with Crippen molar-refractivity contribution in [3.8, 4) is 0 Å². The number of hydrogen-bond donors (Lipinski definition) is 2. The first kappa shape index (κ1) is 16.4. The minimum absolute atomic E-state index is 0. The van der Waals surface area contributed by atoms with Crippen LogP contribution in [-0.4, -0.2) is 24.9 Å². The van der Waals surface area contributed by atoms with E-state index in [-0.39, 0.29) is 24.7 Å². The highest BCUT2D eigenvalue weighted by molar-refractivity contribution is 5.98. The topological polar surface area (TPSA) is 89.4 Å². The van der Waals surface area contributed by atoms with Crippen LogP contribution in [0.4, 0.5) is 5.69 Å². The molecule has 0 radical (unpaired) electrons. The quantitative estimate of drug-likeness (QED) is 0.839. The molecule has 4 N–H and O–H groups in total. The van der Waals surface area contributed by atoms with Crippen LogP contribution in [0.2, 0.25) is 0 Å². The van der Waals surface area contributed by atoms with E-state index in [9.17, 15) is 9.59 Å². The number of aryl methyl sites for hydroxylation is 1. The molecule has 5 nitrogen and oxygen atoms in total. The van der Waals surface area contributed by atoms with Crippen molar-refractivity contribution in [3.63, 3.8) is 0 Å². The molecule has 0 aliphatic heterocycles. The van der Waals surface area contributed by atoms with Crippen molar-refractivity contribution in [3.05, 3.63) is 29.8 Å². The molecule has 0 spiro atoms. The lowest BCUT2D eigenvalue weighted by Gasteiger charge is -2.21. The smallest absolute Gasteiger partial charge is 0.244 e. The molecule has 0 fully saturated rings. The van der Waals surface area contributed by atoms with Crippen LogP contribution in [0.15, 0.2) is 24.3 Å². The van der Waals surface area contributed by atoms with E-state index in [1.54, 1.807) is 7.05 Å². The van der Waals surface area contributed by atoms with Gasteiger partial charge in [-0.3, -0.25) is 9.59 Å². The number of nitrogens with two attached hydrogens (primary N) is 2. The zero-order chi connectivity index (χ0) is 13.0. The molecule has 0 saturated heterocycles. The van der Waals surface area contributed by atoms with E-state index >= 15 is 0 Å². The molecule has 0 heterocycles. The van der Waals surface area contributed by atoms with Gasteiger partial charge in [0.2, 0.25) is 11.8 Å². The Bertz CT molecular complexity index is 437. The van der Waals surface area contributed by atoms with Crippen LogP contribution >= 0.6 is 12.4 Å². The van der Waals surface area contributed by atoms with E-state index < -0.39 is 11.9 Å². The van der Waals surface area contributed by atoms with Gasteiger partial charge in [-0.2, -0.15) is 0 Å². The number of amides is 2. The lowest BCUT2D eigenvalue weighted by atomic mass is 10.1. The molecule has 1 atom stereocenters. The van der Waals surface area contributed by atoms with Crippen LogP contribution in [-0.2, 0) is 9.59 Å². The Balaban J connectivity index is 0.00000289. The van der Waals surface area contributed by atoms with Crippen molar-refractivity contribution in [1.29, 1.82) is 0 Å². The molecule has 1 aromatic rings. The predicted molar refractivity (Wildman–Crippen MR) is 73.6 cm³/mol. The number of primary amides is 1. The van der Waals surface area contributed by atoms with Crippen molar-refractivity contribution in [1.82, 2.24) is 0 Å². The number of rotatable bonds is 4. The average Bonchev–Trinajstić information content (AvgIpc) is 2.26. The van der Waals surface area contributed by atoms with E-state index in [0.29, 0.717) is 0 Å². The van der Waals surface area contributed by atoms with Crippen molar-refractivity contribution < 1.29 is 9.59 Å². The summed E-state index contributed by atoms with van der Waals surface area (Å²) in [7, 11) is 1.62. The number of nitrogens with zero attached hydrogens (tertiary/aromatic N) is 1. The zero-order valence-corrected chi connectivity index (χ0v) is 11.2. The van der Waals surface area contributed by atoms with E-state index in [4.69, 9.17) is 11.5 Å². The van der Waals surface area contributed by atoms with E-state index in [1.165, 1.54) is 4.90 Å². The Kier molecular flexibility index (Phi) is 6.36. The highest BCUT2D eigenvalue weighted by atomic mass is 35.5. The molecule has 100 valence electrons. The number of hydrogen-bond acceptors (Lipinski definition) is 3. The fraction of sp³-hybridized carbons (Fsp3) is 0.333. The lowest BCUT2D eigenvalue weighted by molar-refractivity contribution is -0.124. The summed E-state index contributed by atoms with van der Waals surface area (Å²) in [4.78, 5) is 24.0. The van der Waals surface area contributed by atoms with E-state index in [0.717, 1.165) is 11.3 Å². The highest BCUT2D eigenvalue weighted by Crippen LogP contribution is 2.15. The predicted octanol–water partition coefficient (Wildman–Crippen LogP) is 0.582. The van der Waals surface area contributed by atoms with Crippen molar-refractivity contribution >= 4 is 29.9 Å². The Morgan fingerprint density at radius 3 is 2.50 bits per heavy atom. The maximum atomic E-state index is 11.9. The second-order valence-electron chi connectivity index (χ2n) is 4.01. The number of likely N-dealkylation sites (N-methyl/N-ethyl adjacent to an activating group) is 1. The summed E-state index contributed by atoms with van der Waals surface area (Å²) >= 11 is 0. The molecule has 0 aromatic heterocycles. The molecule has 0 bridgehead atoms. The summed E-state index contributed by atoms with van der Waals surface area (Å²) in [6, 6.07) is 6.58. The molecule has 2 amide bonds. The van der Waals surface area contributed by atoms with Crippen LogP contribution in [0, 0.1) is 6.92 Å². The first-order valence-electron chi connectivity index (χ1n) is 5.30. The summed E-state index contributed by atoms with van der Waals surface area (Å²) < 4.78 is 0. The third-order valence-electron chi connectivity index (χ3n) is 2.46. The summed E-state index contributed by atoms with van der Waals surface area (Å²) in [5.74, 6) is -0.905. The molecule has 0 aliphatic rings. The van der Waals surface area contributed by atoms with Crippen LogP contribution < -0.4 is 16.4 Å². The molecule has 0 saturated carbocycles. The second kappa shape index (κ2) is 6.98. The summed E-state index contributed by atoms with van der Waals surface area (Å²) in [6.45, 7) is 1.94. The Morgan fingerprint density at radius 1 is 1.39 bits per heavy atom. The highest BCUT2D eigenvalue weighted by Gasteiger charge is 2.20. The fourth-order valence-corrected chi connectivity index (χ4v) is 1.52. The fourth-order valence-electron chi connectivity index (χ4n) is 1.52. The molecule has 18 heavy (non-hydrogen) atoms. The lowest BCUT2D eigenvalue weighted by Crippen LogP contribution is -2.44. The largest absolute Gasteiger partial charge is 0.370 e. The normalized spacial score (nSPS) is 11.3. The molecule has 0 aliphatic carbocycles. The maximum absolute atomic E-state index is 11.9. The molecule has 6 heteroatoms. The summed E-state index contributed by atoms with van der Waals surface area (Å²) in [5, 5.41) is 0. The molecule has 1 rings (SSSR count). The van der Waals surface area contributed by atoms with E-state index in [1.807, 2.05) is 31.2 Å². The van der Waals surface area contributed by atoms with Gasteiger partial charge in [-0.1, -0.05) is 12.1 Å². The SMILES string of the molecule is Cc1cccc(N(C)C(=O)C(N)CC(N)=O)c1.Cl. The van der Waals surface area contributed by atoms with Crippen LogP contribution in [0.3, 0.4) is 0 Å². The van der Waals surface area contributed by atoms with Crippen molar-refractivity contribution in [2.75, 3.05) is 11.9 Å². The van der Waals surface area contributed by atoms with Crippen LogP contribution in [0.25, 0.3) is 0 Å². The summed E-state index contributed by atoms with van der Waals surface area (Å²) in [5.41, 5.74) is 12.4. The minimum Gasteiger partial charge on any atom is -0.370 e. The molecule has 1 unspecified atom stereocenters. The number of halogens is 1. The molecule has 1 aromatic carbocycles. The standard InChI is InChI=1S/C12H17N3O2.ClH/c1-8-4-3-5-9(6-8)15(2)12(17)10(13)7-11(14)16;/h3-6,10H,7,13H2,1-2H3,(H2,14,16);1H. The maximum Gasteiger partial charge on any atom is 0.244 e. The number of carbonyl (C=O) groups excluding carboxylic acids is 2. The Labute approximate surface area is 113 Å². The van der Waals surface area contributed by atoms with Gasteiger partial charge in [-0.25, -0.2) is 0 Å². The van der Waals surface area contributed by atoms with Crippen molar-refractivity contribution in [2.45, 2.75) is 19.4 Å². The second-order valence-corrected chi connectivity index (χ2v) is 4.01. The van der Waals surface area contributed by atoms with Gasteiger partial charge in [0.15, 0.2) is 0 Å². The average molecular weight is 272 g/mol. The van der Waals surface area contributed by atoms with Crippen LogP contribution in [0.5, 0.6) is 0 Å². The number of anilines is 1. The molecular formula is C12H18ClN3O2. The Hall–Kier alpha value is -1.59. The van der Waals surface area contributed by atoms with Crippen molar-refractivity contribution in [2.24, 2.45) is 11.5 Å². The van der Waals surface area contributed by atoms with Gasteiger partial charge in [0.25, 0.3) is 0 Å². The third-order valence-corrected chi connectivity index (χ3v) is 2.46. The Morgan fingerprint density at radius 2 is 2.00 bits per heavy atom. The van der Waals surface area contributed by atoms with Gasteiger partial charge in [0, 0.05) is 12.7 Å². The monoisotopic (exact) mass is 271 g/mol. The summed E-state index contributed by atoms with van der Waals surface area (Å²) in [6.07, 6.45) is -0.144. The third kappa shape index (κ3) is 4.35. The van der Waals surface area contributed by atoms with Gasteiger partial charge in [0.05, 0.1) is 12.5 Å². The number of carbonyl (C=O) groups is 2. The first-order valence-corrected chi connectivity index (χ1v) is 5.30. The van der Waals surface area contributed by atoms with Gasteiger partial charge < -0.3 is 16.4 Å². The van der Waals surface area contributed by atoms with Gasteiger partial charge in [-0.05, 0) is 24.6 Å². The number of benzene rings is 1. The first-order chi connectivity index (χ1) is 7.91. The van der Waals surface area contributed by atoms with Gasteiger partial charge in [-0.15, -0.1) is 12.4 Å². The zero-order valence-electron chi connectivity index (χ0n) is 10.4. The molecular weight excluding hydrogens is 254 g/mol. The van der Waals surface area contributed by atoms with Gasteiger partial charge in [0.1, 0.15) is 0 Å².